The molecule has 2 aromatic carbocycles. The van der Waals surface area contributed by atoms with Crippen molar-refractivity contribution in [1.29, 1.82) is 0 Å². The smallest absolute Gasteiger partial charge is 0.338 e. The average Bonchev–Trinajstić information content (AvgIpc) is 2.56. The van der Waals surface area contributed by atoms with Crippen LogP contribution in [0.2, 0.25) is 10.0 Å². The van der Waals surface area contributed by atoms with Gasteiger partial charge in [-0.15, -0.1) is 0 Å². The number of benzene rings is 2. The summed E-state index contributed by atoms with van der Waals surface area (Å²) in [7, 11) is 0. The summed E-state index contributed by atoms with van der Waals surface area (Å²) in [6.45, 7) is 3.60. The number of hydrogen-bond acceptors (Lipinski definition) is 4. The molecular weight excluding hydrogens is 365 g/mol. The minimum atomic E-state index is -0.442. The van der Waals surface area contributed by atoms with Crippen LogP contribution in [0.25, 0.3) is 0 Å². The fraction of sp³-hybridized carbons (Fsp3) is 0.222. The van der Waals surface area contributed by atoms with Gasteiger partial charge < -0.3 is 14.8 Å². The highest BCUT2D eigenvalue weighted by Crippen LogP contribution is 2.27. The molecule has 2 aromatic rings. The molecule has 0 atom stereocenters. The Morgan fingerprint density at radius 3 is 2.56 bits per heavy atom. The first kappa shape index (κ1) is 19.1. The maximum atomic E-state index is 12.1. The molecule has 0 spiro atoms. The van der Waals surface area contributed by atoms with Crippen LogP contribution in [0.3, 0.4) is 0 Å². The molecule has 0 saturated heterocycles. The molecule has 2 rings (SSSR count). The molecule has 0 unspecified atom stereocenters. The zero-order valence-corrected chi connectivity index (χ0v) is 15.3. The van der Waals surface area contributed by atoms with Gasteiger partial charge in [0, 0.05) is 10.7 Å². The Kier molecular flexibility index (Phi) is 6.67. The third-order valence-electron chi connectivity index (χ3n) is 3.28. The van der Waals surface area contributed by atoms with Crippen molar-refractivity contribution in [3.8, 4) is 5.75 Å². The number of carbonyl (C=O) groups excluding carboxylic acids is 2. The van der Waals surface area contributed by atoms with E-state index in [1.807, 2.05) is 6.92 Å². The quantitative estimate of drug-likeness (QED) is 0.748. The summed E-state index contributed by atoms with van der Waals surface area (Å²) < 4.78 is 10.3. The van der Waals surface area contributed by atoms with E-state index in [1.54, 1.807) is 37.3 Å². The topological polar surface area (TPSA) is 64.6 Å². The average molecular weight is 382 g/mol. The van der Waals surface area contributed by atoms with E-state index in [0.717, 1.165) is 5.56 Å². The highest BCUT2D eigenvalue weighted by atomic mass is 35.5. The molecule has 0 aliphatic carbocycles. The van der Waals surface area contributed by atoms with Crippen molar-refractivity contribution in [2.24, 2.45) is 0 Å². The van der Waals surface area contributed by atoms with Crippen LogP contribution in [-0.2, 0) is 9.53 Å². The lowest BCUT2D eigenvalue weighted by atomic mass is 10.1. The molecule has 0 fully saturated rings. The Hall–Kier alpha value is -2.24. The Morgan fingerprint density at radius 1 is 1.12 bits per heavy atom. The summed E-state index contributed by atoms with van der Waals surface area (Å²) in [5, 5.41) is 3.51. The maximum Gasteiger partial charge on any atom is 0.338 e. The van der Waals surface area contributed by atoms with Gasteiger partial charge in [0.1, 0.15) is 5.75 Å². The van der Waals surface area contributed by atoms with E-state index < -0.39 is 5.97 Å². The second-order valence-electron chi connectivity index (χ2n) is 5.16. The number of aryl methyl sites for hydroxylation is 1. The highest BCUT2D eigenvalue weighted by molar-refractivity contribution is 6.35. The first-order valence-electron chi connectivity index (χ1n) is 7.56. The van der Waals surface area contributed by atoms with Crippen LogP contribution in [-0.4, -0.2) is 25.1 Å². The highest BCUT2D eigenvalue weighted by Gasteiger charge is 2.12. The maximum absolute atomic E-state index is 12.1. The van der Waals surface area contributed by atoms with E-state index in [1.165, 1.54) is 6.07 Å². The van der Waals surface area contributed by atoms with Crippen molar-refractivity contribution < 1.29 is 19.1 Å². The molecule has 0 aliphatic heterocycles. The summed E-state index contributed by atoms with van der Waals surface area (Å²) in [5.74, 6) is -0.462. The van der Waals surface area contributed by atoms with Crippen molar-refractivity contribution in [2.45, 2.75) is 13.8 Å². The van der Waals surface area contributed by atoms with Gasteiger partial charge in [-0.1, -0.05) is 29.3 Å². The normalized spacial score (nSPS) is 10.2. The number of amides is 1. The van der Waals surface area contributed by atoms with E-state index in [4.69, 9.17) is 32.7 Å². The first-order chi connectivity index (χ1) is 11.9. The zero-order valence-electron chi connectivity index (χ0n) is 13.8. The Bertz CT molecular complexity index is 793. The van der Waals surface area contributed by atoms with Crippen LogP contribution >= 0.6 is 23.2 Å². The molecule has 132 valence electrons. The number of esters is 1. The van der Waals surface area contributed by atoms with Crippen LogP contribution in [0.1, 0.15) is 22.8 Å². The summed E-state index contributed by atoms with van der Waals surface area (Å²) in [4.78, 5) is 23.9. The second kappa shape index (κ2) is 8.74. The van der Waals surface area contributed by atoms with E-state index >= 15 is 0 Å². The molecule has 0 aliphatic rings. The molecule has 0 saturated carbocycles. The van der Waals surface area contributed by atoms with Crippen LogP contribution in [0.15, 0.2) is 36.4 Å². The number of rotatable bonds is 6. The lowest BCUT2D eigenvalue weighted by molar-refractivity contribution is -0.118. The van der Waals surface area contributed by atoms with Crippen LogP contribution in [0.5, 0.6) is 5.75 Å². The first-order valence-corrected chi connectivity index (χ1v) is 8.31. The predicted molar refractivity (Wildman–Crippen MR) is 97.7 cm³/mol. The van der Waals surface area contributed by atoms with E-state index in [0.29, 0.717) is 27.0 Å². The Balaban J connectivity index is 2.02. The molecule has 7 heteroatoms. The number of anilines is 1. The van der Waals surface area contributed by atoms with Crippen LogP contribution in [0, 0.1) is 6.92 Å². The monoisotopic (exact) mass is 381 g/mol. The van der Waals surface area contributed by atoms with Crippen molar-refractivity contribution >= 4 is 40.8 Å². The van der Waals surface area contributed by atoms with Crippen molar-refractivity contribution in [2.75, 3.05) is 18.5 Å². The molecule has 0 radical (unpaired) electrons. The zero-order chi connectivity index (χ0) is 18.4. The van der Waals surface area contributed by atoms with Crippen LogP contribution in [0.4, 0.5) is 5.69 Å². The Morgan fingerprint density at radius 2 is 1.88 bits per heavy atom. The SMILES string of the molecule is CCOC(=O)c1ccc(C)c(NC(=O)COc2ccc(Cl)cc2Cl)c1. The summed E-state index contributed by atoms with van der Waals surface area (Å²) in [5.41, 5.74) is 1.69. The van der Waals surface area contributed by atoms with Crippen molar-refractivity contribution in [3.05, 3.63) is 57.6 Å². The van der Waals surface area contributed by atoms with E-state index in [-0.39, 0.29) is 19.1 Å². The largest absolute Gasteiger partial charge is 0.482 e. The molecule has 5 nitrogen and oxygen atoms in total. The fourth-order valence-electron chi connectivity index (χ4n) is 2.02. The van der Waals surface area contributed by atoms with Gasteiger partial charge in [0.15, 0.2) is 6.61 Å². The van der Waals surface area contributed by atoms with Crippen LogP contribution < -0.4 is 10.1 Å². The summed E-state index contributed by atoms with van der Waals surface area (Å²) >= 11 is 11.8. The standard InChI is InChI=1S/C18H17Cl2NO4/c1-3-24-18(23)12-5-4-11(2)15(8-12)21-17(22)10-25-16-7-6-13(19)9-14(16)20/h4-9H,3,10H2,1-2H3,(H,21,22). The van der Waals surface area contributed by atoms with Gasteiger partial charge >= 0.3 is 5.97 Å². The van der Waals surface area contributed by atoms with Gasteiger partial charge in [-0.2, -0.15) is 0 Å². The number of nitrogens with one attached hydrogen (secondary N) is 1. The van der Waals surface area contributed by atoms with Crippen molar-refractivity contribution in [1.82, 2.24) is 0 Å². The van der Waals surface area contributed by atoms with E-state index in [9.17, 15) is 9.59 Å². The lowest BCUT2D eigenvalue weighted by Crippen LogP contribution is -2.21. The molecule has 25 heavy (non-hydrogen) atoms. The molecule has 0 bridgehead atoms. The number of carbonyl (C=O) groups is 2. The van der Waals surface area contributed by atoms with Gasteiger partial charge in [0.2, 0.25) is 0 Å². The fourth-order valence-corrected chi connectivity index (χ4v) is 2.48. The minimum absolute atomic E-state index is 0.232. The van der Waals surface area contributed by atoms with Gasteiger partial charge in [0.25, 0.3) is 5.91 Å². The molecular formula is C18H17Cl2NO4. The predicted octanol–water partition coefficient (Wildman–Crippen LogP) is 4.50. The minimum Gasteiger partial charge on any atom is -0.482 e. The summed E-state index contributed by atoms with van der Waals surface area (Å²) in [6.07, 6.45) is 0. The van der Waals surface area contributed by atoms with Gasteiger partial charge in [0.05, 0.1) is 17.2 Å². The molecule has 0 aromatic heterocycles. The van der Waals surface area contributed by atoms with Gasteiger partial charge in [-0.05, 0) is 49.7 Å². The van der Waals surface area contributed by atoms with E-state index in [2.05, 4.69) is 5.32 Å². The molecule has 1 N–H and O–H groups in total. The molecule has 1 amide bonds. The van der Waals surface area contributed by atoms with Gasteiger partial charge in [-0.25, -0.2) is 4.79 Å². The second-order valence-corrected chi connectivity index (χ2v) is 6.01. The number of hydrogen-bond donors (Lipinski definition) is 1. The molecule has 0 heterocycles. The summed E-state index contributed by atoms with van der Waals surface area (Å²) in [6, 6.07) is 9.69. The Labute approximate surface area is 155 Å². The van der Waals surface area contributed by atoms with Crippen molar-refractivity contribution in [3.63, 3.8) is 0 Å². The third-order valence-corrected chi connectivity index (χ3v) is 3.81. The lowest BCUT2D eigenvalue weighted by Gasteiger charge is -2.12. The third kappa shape index (κ3) is 5.37. The number of halogens is 2. The van der Waals surface area contributed by atoms with Gasteiger partial charge in [-0.3, -0.25) is 4.79 Å². The number of ether oxygens (including phenoxy) is 2.